The second kappa shape index (κ2) is 8.36. The molecule has 0 aliphatic heterocycles. The third-order valence-electron chi connectivity index (χ3n) is 5.22. The van der Waals surface area contributed by atoms with E-state index < -0.39 is 5.96 Å². The predicted molar refractivity (Wildman–Crippen MR) is 137 cm³/mol. The van der Waals surface area contributed by atoms with Crippen LogP contribution in [0.2, 0.25) is 20.1 Å². The van der Waals surface area contributed by atoms with Crippen molar-refractivity contribution < 1.29 is 0 Å². The van der Waals surface area contributed by atoms with Gasteiger partial charge in [-0.05, 0) is 0 Å². The Hall–Kier alpha value is -1.24. The van der Waals surface area contributed by atoms with E-state index in [0.29, 0.717) is 20.1 Å². The molecule has 0 bridgehead atoms. The maximum absolute atomic E-state index is 8.11. The summed E-state index contributed by atoms with van der Waals surface area (Å²) in [5.41, 5.74) is 0. The van der Waals surface area contributed by atoms with Gasteiger partial charge in [0.25, 0.3) is 0 Å². The number of halogens is 5. The van der Waals surface area contributed by atoms with Gasteiger partial charge in [-0.25, -0.2) is 0 Å². The molecule has 4 rings (SSSR count). The topological polar surface area (TPSA) is 0 Å². The van der Waals surface area contributed by atoms with Crippen LogP contribution in [-0.2, 0) is 0 Å². The molecule has 0 aliphatic carbocycles. The summed E-state index contributed by atoms with van der Waals surface area (Å²) >= 11 is 35.4. The summed E-state index contributed by atoms with van der Waals surface area (Å²) in [6.07, 6.45) is 0. The van der Waals surface area contributed by atoms with Crippen molar-refractivity contribution in [2.75, 3.05) is 0 Å². The third kappa shape index (κ3) is 3.18. The van der Waals surface area contributed by atoms with Crippen molar-refractivity contribution in [1.29, 1.82) is 0 Å². The Labute approximate surface area is 201 Å². The van der Waals surface area contributed by atoms with Crippen LogP contribution in [0.25, 0.3) is 0 Å². The van der Waals surface area contributed by atoms with E-state index >= 15 is 0 Å². The van der Waals surface area contributed by atoms with E-state index in [-0.39, 0.29) is 0 Å². The molecular formula is C24H16Cl5P. The van der Waals surface area contributed by atoms with Crippen LogP contribution in [0.3, 0.4) is 0 Å². The molecule has 0 saturated carbocycles. The van der Waals surface area contributed by atoms with Crippen LogP contribution in [0.4, 0.5) is 0 Å². The van der Waals surface area contributed by atoms with Gasteiger partial charge in [0.15, 0.2) is 0 Å². The quantitative estimate of drug-likeness (QED) is 0.247. The third-order valence-corrected chi connectivity index (χ3v) is 14.4. The van der Waals surface area contributed by atoms with Gasteiger partial charge < -0.3 is 0 Å². The van der Waals surface area contributed by atoms with Crippen LogP contribution < -0.4 is 21.2 Å². The molecule has 152 valence electrons. The average Bonchev–Trinajstić information content (AvgIpc) is 2.75. The van der Waals surface area contributed by atoms with Crippen LogP contribution >= 0.6 is 63.6 Å². The maximum atomic E-state index is 8.11. The fraction of sp³-hybridized carbons (Fsp3) is 0. The molecule has 0 aliphatic rings. The van der Waals surface area contributed by atoms with Gasteiger partial charge in [0, 0.05) is 0 Å². The van der Waals surface area contributed by atoms with E-state index in [1.54, 1.807) is 0 Å². The molecule has 0 nitrogen and oxygen atoms in total. The Kier molecular flexibility index (Phi) is 6.12. The zero-order valence-electron chi connectivity index (χ0n) is 15.6. The summed E-state index contributed by atoms with van der Waals surface area (Å²) in [5.74, 6) is -4.06. The summed E-state index contributed by atoms with van der Waals surface area (Å²) in [5, 5.41) is 5.02. The van der Waals surface area contributed by atoms with E-state index in [1.165, 1.54) is 0 Å². The molecular weight excluding hydrogens is 497 g/mol. The van der Waals surface area contributed by atoms with Crippen molar-refractivity contribution >= 4 is 84.8 Å². The molecule has 0 amide bonds. The first kappa shape index (κ1) is 22.0. The Balaban J connectivity index is 2.37. The van der Waals surface area contributed by atoms with Crippen molar-refractivity contribution in [2.45, 2.75) is 0 Å². The molecule has 0 spiro atoms. The molecule has 0 atom stereocenters. The SMILES string of the molecule is Clc1ccccc1P(Cl)(c1ccccc1Cl)(c1ccccc1Cl)c1ccccc1Cl. The summed E-state index contributed by atoms with van der Waals surface area (Å²) in [6, 6.07) is 30.2. The zero-order valence-corrected chi connectivity index (χ0v) is 20.2. The fourth-order valence-corrected chi connectivity index (χ4v) is 13.7. The Bertz CT molecular complexity index is 1040. The minimum absolute atomic E-state index is 0.518. The van der Waals surface area contributed by atoms with E-state index in [9.17, 15) is 0 Å². The first-order valence-corrected chi connectivity index (χ1v) is 13.8. The van der Waals surface area contributed by atoms with Crippen molar-refractivity contribution in [3.8, 4) is 0 Å². The molecule has 6 heteroatoms. The standard InChI is InChI=1S/C24H16Cl5P/c25-17-9-1-5-13-21(17)30(29,22-14-6-2-10-18(22)26,23-15-7-3-11-19(23)27)24-16-8-4-12-20(24)28/h1-16H. The van der Waals surface area contributed by atoms with Crippen LogP contribution in [0.5, 0.6) is 0 Å². The van der Waals surface area contributed by atoms with Gasteiger partial charge in [-0.2, -0.15) is 0 Å². The van der Waals surface area contributed by atoms with Crippen molar-refractivity contribution in [2.24, 2.45) is 0 Å². The Morgan fingerprint density at radius 2 is 0.567 bits per heavy atom. The van der Waals surface area contributed by atoms with Gasteiger partial charge in [-0.15, -0.1) is 0 Å². The minimum atomic E-state index is -4.06. The van der Waals surface area contributed by atoms with E-state index in [1.807, 2.05) is 97.1 Å². The van der Waals surface area contributed by atoms with Crippen molar-refractivity contribution in [3.63, 3.8) is 0 Å². The fourth-order valence-electron chi connectivity index (χ4n) is 3.95. The monoisotopic (exact) mass is 510 g/mol. The van der Waals surface area contributed by atoms with Gasteiger partial charge in [0.1, 0.15) is 0 Å². The van der Waals surface area contributed by atoms with Crippen molar-refractivity contribution in [1.82, 2.24) is 0 Å². The van der Waals surface area contributed by atoms with Gasteiger partial charge in [0.05, 0.1) is 0 Å². The molecule has 0 fully saturated rings. The second-order valence-corrected chi connectivity index (χ2v) is 14.4. The first-order chi connectivity index (χ1) is 14.4. The normalized spacial score (nSPS) is 12.9. The second-order valence-electron chi connectivity index (χ2n) is 6.81. The molecule has 0 unspecified atom stereocenters. The molecule has 4 aromatic rings. The zero-order chi connectivity index (χ0) is 21.4. The first-order valence-electron chi connectivity index (χ1n) is 9.13. The molecule has 0 saturated heterocycles. The number of benzene rings is 4. The van der Waals surface area contributed by atoms with Gasteiger partial charge in [-0.1, -0.05) is 0 Å². The molecule has 30 heavy (non-hydrogen) atoms. The number of rotatable bonds is 4. The van der Waals surface area contributed by atoms with Crippen LogP contribution in [0, 0.1) is 0 Å². The van der Waals surface area contributed by atoms with Crippen LogP contribution in [0.15, 0.2) is 97.1 Å². The summed E-state index contributed by atoms with van der Waals surface area (Å²) in [7, 11) is 0. The Morgan fingerprint density at radius 1 is 0.367 bits per heavy atom. The summed E-state index contributed by atoms with van der Waals surface area (Å²) < 4.78 is 0. The number of hydrogen-bond acceptors (Lipinski definition) is 0. The Morgan fingerprint density at radius 3 is 0.767 bits per heavy atom. The summed E-state index contributed by atoms with van der Waals surface area (Å²) in [4.78, 5) is 0. The predicted octanol–water partition coefficient (Wildman–Crippen LogP) is 7.61. The van der Waals surface area contributed by atoms with E-state index in [4.69, 9.17) is 57.6 Å². The molecule has 0 radical (unpaired) electrons. The van der Waals surface area contributed by atoms with Gasteiger partial charge >= 0.3 is 202 Å². The van der Waals surface area contributed by atoms with E-state index in [0.717, 1.165) is 21.2 Å². The molecule has 0 aromatic heterocycles. The number of hydrogen-bond donors (Lipinski definition) is 0. The van der Waals surface area contributed by atoms with Crippen LogP contribution in [0.1, 0.15) is 0 Å². The average molecular weight is 513 g/mol. The van der Waals surface area contributed by atoms with E-state index in [2.05, 4.69) is 0 Å². The molecule has 4 aromatic carbocycles. The van der Waals surface area contributed by atoms with Crippen molar-refractivity contribution in [3.05, 3.63) is 117 Å². The summed E-state index contributed by atoms with van der Waals surface area (Å²) in [6.45, 7) is 0. The molecule has 0 N–H and O–H groups in total. The molecule has 0 heterocycles. The van der Waals surface area contributed by atoms with Gasteiger partial charge in [0.2, 0.25) is 0 Å². The van der Waals surface area contributed by atoms with Gasteiger partial charge in [-0.3, -0.25) is 0 Å². The van der Waals surface area contributed by atoms with Crippen LogP contribution in [-0.4, -0.2) is 0 Å².